The van der Waals surface area contributed by atoms with Crippen molar-refractivity contribution >= 4 is 17.5 Å². The van der Waals surface area contributed by atoms with Crippen molar-refractivity contribution < 1.29 is 4.79 Å². The molecule has 0 bridgehead atoms. The normalized spacial score (nSPS) is 12.6. The molecule has 0 saturated heterocycles. The van der Waals surface area contributed by atoms with E-state index in [4.69, 9.17) is 17.3 Å². The Bertz CT molecular complexity index is 333. The number of nitrogens with one attached hydrogen (secondary N) is 1. The Morgan fingerprint density at radius 2 is 2.43 bits per heavy atom. The molecule has 0 saturated carbocycles. The molecule has 14 heavy (non-hydrogen) atoms. The average Bonchev–Trinajstić information content (AvgIpc) is 2.40. The molecule has 0 aromatic carbocycles. The van der Waals surface area contributed by atoms with E-state index < -0.39 is 6.04 Å². The van der Waals surface area contributed by atoms with Crippen LogP contribution in [0.2, 0.25) is 5.02 Å². The molecule has 78 valence electrons. The summed E-state index contributed by atoms with van der Waals surface area (Å²) in [6, 6.07) is 1.33. The van der Waals surface area contributed by atoms with Crippen LogP contribution in [0.3, 0.4) is 0 Å². The molecule has 3 N–H and O–H groups in total. The van der Waals surface area contributed by atoms with E-state index >= 15 is 0 Å². The predicted octanol–water partition coefficient (Wildman–Crippen LogP) is 0.642. The fourth-order valence-corrected chi connectivity index (χ4v) is 1.35. The molecule has 0 aliphatic carbocycles. The highest BCUT2D eigenvalue weighted by atomic mass is 35.5. The second-order valence-electron chi connectivity index (χ2n) is 3.27. The van der Waals surface area contributed by atoms with Crippen LogP contribution >= 0.6 is 11.6 Å². The number of aromatic nitrogens is 1. The molecule has 1 unspecified atom stereocenters. The first-order valence-corrected chi connectivity index (χ1v) is 4.72. The van der Waals surface area contributed by atoms with Gasteiger partial charge in [0.05, 0.1) is 17.6 Å². The van der Waals surface area contributed by atoms with Gasteiger partial charge in [-0.05, 0) is 13.0 Å². The summed E-state index contributed by atoms with van der Waals surface area (Å²) in [6.45, 7) is 2.09. The summed E-state index contributed by atoms with van der Waals surface area (Å²) >= 11 is 5.79. The fourth-order valence-electron chi connectivity index (χ4n) is 1.08. The summed E-state index contributed by atoms with van der Waals surface area (Å²) in [5.41, 5.74) is 6.35. The van der Waals surface area contributed by atoms with Gasteiger partial charge in [0, 0.05) is 18.9 Å². The molecule has 5 heteroatoms. The van der Waals surface area contributed by atoms with E-state index in [2.05, 4.69) is 5.32 Å². The maximum atomic E-state index is 11.2. The summed E-state index contributed by atoms with van der Waals surface area (Å²) in [5.74, 6) is -0.165. The maximum Gasteiger partial charge on any atom is 0.236 e. The lowest BCUT2D eigenvalue weighted by Crippen LogP contribution is -2.38. The van der Waals surface area contributed by atoms with Crippen molar-refractivity contribution in [2.75, 3.05) is 0 Å². The van der Waals surface area contributed by atoms with Crippen molar-refractivity contribution in [3.05, 3.63) is 23.0 Å². The lowest BCUT2D eigenvalue weighted by atomic mass is 10.3. The van der Waals surface area contributed by atoms with Crippen molar-refractivity contribution in [1.29, 1.82) is 0 Å². The predicted molar refractivity (Wildman–Crippen MR) is 55.9 cm³/mol. The van der Waals surface area contributed by atoms with Crippen LogP contribution in [0.5, 0.6) is 0 Å². The zero-order valence-electron chi connectivity index (χ0n) is 8.25. The minimum Gasteiger partial charge on any atom is -0.351 e. The van der Waals surface area contributed by atoms with Crippen LogP contribution in [0.1, 0.15) is 12.6 Å². The highest BCUT2D eigenvalue weighted by Gasteiger charge is 2.07. The fraction of sp³-hybridized carbons (Fsp3) is 0.444. The number of amides is 1. The number of rotatable bonds is 3. The van der Waals surface area contributed by atoms with Gasteiger partial charge in [-0.2, -0.15) is 0 Å². The highest BCUT2D eigenvalue weighted by Crippen LogP contribution is 2.12. The summed E-state index contributed by atoms with van der Waals surface area (Å²) in [6.07, 6.45) is 1.79. The molecule has 0 aliphatic rings. The van der Waals surface area contributed by atoms with Gasteiger partial charge in [0.25, 0.3) is 0 Å². The standard InChI is InChI=1S/C9H14ClN3O/c1-6(11)9(14)12-4-8-3-7(10)5-13(8)2/h3,5-6H,4,11H2,1-2H3,(H,12,14). The molecule has 1 heterocycles. The van der Waals surface area contributed by atoms with Gasteiger partial charge in [0.2, 0.25) is 5.91 Å². The van der Waals surface area contributed by atoms with E-state index in [0.29, 0.717) is 11.6 Å². The van der Waals surface area contributed by atoms with Gasteiger partial charge < -0.3 is 15.6 Å². The first kappa shape index (κ1) is 11.1. The van der Waals surface area contributed by atoms with E-state index in [1.54, 1.807) is 13.1 Å². The van der Waals surface area contributed by atoms with Crippen molar-refractivity contribution in [2.45, 2.75) is 19.5 Å². The van der Waals surface area contributed by atoms with Crippen LogP contribution in [0, 0.1) is 0 Å². The van der Waals surface area contributed by atoms with Gasteiger partial charge in [-0.3, -0.25) is 4.79 Å². The zero-order chi connectivity index (χ0) is 10.7. The summed E-state index contributed by atoms with van der Waals surface area (Å²) in [4.78, 5) is 11.2. The van der Waals surface area contributed by atoms with Crippen LogP contribution in [0.15, 0.2) is 12.3 Å². The first-order valence-electron chi connectivity index (χ1n) is 4.34. The number of carbonyl (C=O) groups excluding carboxylic acids is 1. The van der Waals surface area contributed by atoms with Gasteiger partial charge in [0.15, 0.2) is 0 Å². The molecule has 0 radical (unpaired) electrons. The van der Waals surface area contributed by atoms with Gasteiger partial charge in [-0.15, -0.1) is 0 Å². The van der Waals surface area contributed by atoms with Gasteiger partial charge in [-0.25, -0.2) is 0 Å². The topological polar surface area (TPSA) is 60.1 Å². The molecule has 1 aromatic rings. The lowest BCUT2D eigenvalue weighted by molar-refractivity contribution is -0.122. The molecule has 1 atom stereocenters. The first-order chi connectivity index (χ1) is 6.50. The molecule has 4 nitrogen and oxygen atoms in total. The van der Waals surface area contributed by atoms with Crippen LogP contribution in [0.25, 0.3) is 0 Å². The largest absolute Gasteiger partial charge is 0.351 e. The number of nitrogens with two attached hydrogens (primary N) is 1. The van der Waals surface area contributed by atoms with E-state index in [1.165, 1.54) is 0 Å². The number of carbonyl (C=O) groups is 1. The van der Waals surface area contributed by atoms with Crippen molar-refractivity contribution in [2.24, 2.45) is 12.8 Å². The monoisotopic (exact) mass is 215 g/mol. The average molecular weight is 216 g/mol. The molecular formula is C9H14ClN3O. The van der Waals surface area contributed by atoms with Crippen LogP contribution in [-0.4, -0.2) is 16.5 Å². The second kappa shape index (κ2) is 4.48. The number of aryl methyl sites for hydroxylation is 1. The minimum atomic E-state index is -0.481. The summed E-state index contributed by atoms with van der Waals surface area (Å²) in [5, 5.41) is 3.37. The smallest absolute Gasteiger partial charge is 0.236 e. The van der Waals surface area contributed by atoms with Gasteiger partial charge in [0.1, 0.15) is 0 Å². The Morgan fingerprint density at radius 1 is 1.79 bits per heavy atom. The molecule has 0 aliphatic heterocycles. The third-order valence-corrected chi connectivity index (χ3v) is 2.14. The Kier molecular flexibility index (Phi) is 3.55. The molecule has 1 amide bonds. The van der Waals surface area contributed by atoms with E-state index in [9.17, 15) is 4.79 Å². The SMILES string of the molecule is CC(N)C(=O)NCc1cc(Cl)cn1C. The third kappa shape index (κ3) is 2.75. The maximum absolute atomic E-state index is 11.2. The second-order valence-corrected chi connectivity index (χ2v) is 3.70. The van der Waals surface area contributed by atoms with Crippen molar-refractivity contribution in [3.63, 3.8) is 0 Å². The van der Waals surface area contributed by atoms with E-state index in [1.807, 2.05) is 17.7 Å². The summed E-state index contributed by atoms with van der Waals surface area (Å²) < 4.78 is 1.86. The number of hydrogen-bond acceptors (Lipinski definition) is 2. The summed E-state index contributed by atoms with van der Waals surface area (Å²) in [7, 11) is 1.87. The molecule has 0 fully saturated rings. The third-order valence-electron chi connectivity index (χ3n) is 1.93. The minimum absolute atomic E-state index is 0.165. The van der Waals surface area contributed by atoms with Crippen molar-refractivity contribution in [3.8, 4) is 0 Å². The number of hydrogen-bond donors (Lipinski definition) is 2. The molecule has 1 rings (SSSR count). The van der Waals surface area contributed by atoms with E-state index in [-0.39, 0.29) is 5.91 Å². The molecular weight excluding hydrogens is 202 g/mol. The Morgan fingerprint density at radius 3 is 2.86 bits per heavy atom. The Hall–Kier alpha value is -1.00. The number of halogens is 1. The van der Waals surface area contributed by atoms with Crippen molar-refractivity contribution in [1.82, 2.24) is 9.88 Å². The van der Waals surface area contributed by atoms with Gasteiger partial charge in [-0.1, -0.05) is 11.6 Å². The van der Waals surface area contributed by atoms with Crippen LogP contribution in [0.4, 0.5) is 0 Å². The zero-order valence-corrected chi connectivity index (χ0v) is 9.01. The van der Waals surface area contributed by atoms with Gasteiger partial charge >= 0.3 is 0 Å². The van der Waals surface area contributed by atoms with Crippen LogP contribution in [-0.2, 0) is 18.4 Å². The Labute approximate surface area is 88.0 Å². The van der Waals surface area contributed by atoms with Crippen LogP contribution < -0.4 is 11.1 Å². The Balaban J connectivity index is 2.54. The van der Waals surface area contributed by atoms with E-state index in [0.717, 1.165) is 5.69 Å². The molecule has 1 aromatic heterocycles. The quantitative estimate of drug-likeness (QED) is 0.778. The lowest BCUT2D eigenvalue weighted by Gasteiger charge is -2.07. The number of nitrogens with zero attached hydrogens (tertiary/aromatic N) is 1. The molecule has 0 spiro atoms. The highest BCUT2D eigenvalue weighted by molar-refractivity contribution is 6.30.